The predicted molar refractivity (Wildman–Crippen MR) is 62.1 cm³/mol. The number of para-hydroxylation sites is 1. The topological polar surface area (TPSA) is 36.3 Å². The minimum absolute atomic E-state index is 0.638. The zero-order valence-electron chi connectivity index (χ0n) is 9.35. The summed E-state index contributed by atoms with van der Waals surface area (Å²) in [4.78, 5) is 2.35. The normalized spacial score (nSPS) is 15.7. The lowest BCUT2D eigenvalue weighted by Gasteiger charge is -2.18. The van der Waals surface area contributed by atoms with Crippen molar-refractivity contribution in [1.82, 2.24) is 4.90 Å². The molecule has 0 saturated carbocycles. The van der Waals surface area contributed by atoms with E-state index in [2.05, 4.69) is 17.0 Å². The van der Waals surface area contributed by atoms with E-state index in [-0.39, 0.29) is 0 Å². The first kappa shape index (κ1) is 11.0. The lowest BCUT2D eigenvalue weighted by molar-refractivity contribution is 0.224. The summed E-state index contributed by atoms with van der Waals surface area (Å²) in [5.41, 5.74) is 1.25. The number of nitriles is 1. The Bertz CT molecular complexity index is 384. The van der Waals surface area contributed by atoms with Gasteiger partial charge in [-0.25, -0.2) is 0 Å². The van der Waals surface area contributed by atoms with Crippen LogP contribution in [0, 0.1) is 11.3 Å². The first-order valence-corrected chi connectivity index (χ1v) is 5.70. The molecule has 0 unspecified atom stereocenters. The quantitative estimate of drug-likeness (QED) is 0.727. The van der Waals surface area contributed by atoms with Crippen LogP contribution in [0.2, 0.25) is 0 Å². The molecule has 0 fully saturated rings. The van der Waals surface area contributed by atoms with Crippen molar-refractivity contribution in [3.8, 4) is 11.8 Å². The molecule has 0 radical (unpaired) electrons. The summed E-state index contributed by atoms with van der Waals surface area (Å²) in [5.74, 6) is 1.00. The summed E-state index contributed by atoms with van der Waals surface area (Å²) in [6.07, 6.45) is 1.58. The van der Waals surface area contributed by atoms with Crippen LogP contribution >= 0.6 is 0 Å². The van der Waals surface area contributed by atoms with Crippen molar-refractivity contribution in [3.63, 3.8) is 0 Å². The summed E-state index contributed by atoms with van der Waals surface area (Å²) in [7, 11) is 0. The average Bonchev–Trinajstić information content (AvgIpc) is 2.51. The van der Waals surface area contributed by atoms with Crippen LogP contribution in [0.15, 0.2) is 24.3 Å². The van der Waals surface area contributed by atoms with E-state index in [1.165, 1.54) is 5.56 Å². The molecule has 0 spiro atoms. The Morgan fingerprint density at radius 3 is 3.12 bits per heavy atom. The van der Waals surface area contributed by atoms with Gasteiger partial charge in [-0.2, -0.15) is 5.26 Å². The molecule has 0 bridgehead atoms. The number of benzene rings is 1. The highest BCUT2D eigenvalue weighted by molar-refractivity contribution is 5.33. The Morgan fingerprint density at radius 1 is 1.38 bits per heavy atom. The molecule has 0 N–H and O–H groups in total. The lowest BCUT2D eigenvalue weighted by atomic mass is 10.2. The maximum absolute atomic E-state index is 8.52. The minimum Gasteiger partial charge on any atom is -0.492 e. The molecule has 3 heteroatoms. The highest BCUT2D eigenvalue weighted by Crippen LogP contribution is 2.22. The summed E-state index contributed by atoms with van der Waals surface area (Å²) in [6.45, 7) is 3.59. The van der Waals surface area contributed by atoms with E-state index < -0.39 is 0 Å². The van der Waals surface area contributed by atoms with E-state index in [4.69, 9.17) is 10.00 Å². The Hall–Kier alpha value is -1.53. The predicted octanol–water partition coefficient (Wildman–Crippen LogP) is 2.18. The summed E-state index contributed by atoms with van der Waals surface area (Å²) in [6, 6.07) is 10.4. The van der Waals surface area contributed by atoms with Crippen LogP contribution in [-0.4, -0.2) is 24.6 Å². The monoisotopic (exact) mass is 216 g/mol. The molecule has 1 heterocycles. The van der Waals surface area contributed by atoms with Crippen molar-refractivity contribution in [1.29, 1.82) is 5.26 Å². The fourth-order valence-corrected chi connectivity index (χ4v) is 1.95. The van der Waals surface area contributed by atoms with Crippen molar-refractivity contribution in [2.75, 3.05) is 19.7 Å². The van der Waals surface area contributed by atoms with E-state index >= 15 is 0 Å². The Kier molecular flexibility index (Phi) is 3.79. The fourth-order valence-electron chi connectivity index (χ4n) is 1.95. The van der Waals surface area contributed by atoms with Gasteiger partial charge in [0.1, 0.15) is 12.4 Å². The molecule has 0 aromatic heterocycles. The van der Waals surface area contributed by atoms with E-state index in [0.717, 1.165) is 38.4 Å². The zero-order chi connectivity index (χ0) is 11.2. The van der Waals surface area contributed by atoms with Crippen LogP contribution in [0.4, 0.5) is 0 Å². The summed E-state index contributed by atoms with van der Waals surface area (Å²) < 4.78 is 5.68. The molecule has 1 aliphatic rings. The number of hydrogen-bond donors (Lipinski definition) is 0. The van der Waals surface area contributed by atoms with Crippen molar-refractivity contribution in [2.45, 2.75) is 19.4 Å². The second-order valence-electron chi connectivity index (χ2n) is 3.99. The number of rotatable bonds is 3. The standard InChI is InChI=1S/C13H16N2O/c14-7-3-4-8-15-9-10-16-13-6-2-1-5-12(13)11-15/h1-2,5-6H,3-4,8-11H2. The molecule has 1 aromatic rings. The average molecular weight is 216 g/mol. The molecule has 0 atom stereocenters. The zero-order valence-corrected chi connectivity index (χ0v) is 9.35. The SMILES string of the molecule is N#CCCCN1CCOc2ccccc2C1. The van der Waals surface area contributed by atoms with Crippen LogP contribution in [0.3, 0.4) is 0 Å². The third-order valence-electron chi connectivity index (χ3n) is 2.79. The van der Waals surface area contributed by atoms with E-state index in [9.17, 15) is 0 Å². The molecule has 16 heavy (non-hydrogen) atoms. The van der Waals surface area contributed by atoms with Crippen molar-refractivity contribution < 1.29 is 4.74 Å². The van der Waals surface area contributed by atoms with Gasteiger partial charge in [0, 0.05) is 25.1 Å². The van der Waals surface area contributed by atoms with Gasteiger partial charge in [-0.05, 0) is 19.0 Å². The van der Waals surface area contributed by atoms with E-state index in [0.29, 0.717) is 6.42 Å². The summed E-state index contributed by atoms with van der Waals surface area (Å²) in [5, 5.41) is 8.52. The Balaban J connectivity index is 1.97. The van der Waals surface area contributed by atoms with Gasteiger partial charge in [0.05, 0.1) is 6.07 Å². The van der Waals surface area contributed by atoms with Gasteiger partial charge in [0.2, 0.25) is 0 Å². The van der Waals surface area contributed by atoms with Crippen LogP contribution in [0.25, 0.3) is 0 Å². The number of hydrogen-bond acceptors (Lipinski definition) is 3. The minimum atomic E-state index is 0.638. The Morgan fingerprint density at radius 2 is 2.25 bits per heavy atom. The number of ether oxygens (including phenoxy) is 1. The first-order chi connectivity index (χ1) is 7.90. The van der Waals surface area contributed by atoms with Gasteiger partial charge >= 0.3 is 0 Å². The van der Waals surface area contributed by atoms with Crippen molar-refractivity contribution in [2.24, 2.45) is 0 Å². The number of unbranched alkanes of at least 4 members (excludes halogenated alkanes) is 1. The third kappa shape index (κ3) is 2.74. The van der Waals surface area contributed by atoms with Crippen molar-refractivity contribution in [3.05, 3.63) is 29.8 Å². The second-order valence-corrected chi connectivity index (χ2v) is 3.99. The highest BCUT2D eigenvalue weighted by atomic mass is 16.5. The maximum Gasteiger partial charge on any atom is 0.123 e. The van der Waals surface area contributed by atoms with Gasteiger partial charge in [0.15, 0.2) is 0 Å². The fraction of sp³-hybridized carbons (Fsp3) is 0.462. The van der Waals surface area contributed by atoms with Crippen LogP contribution in [-0.2, 0) is 6.54 Å². The molecule has 1 aromatic carbocycles. The van der Waals surface area contributed by atoms with Crippen LogP contribution in [0.5, 0.6) is 5.75 Å². The van der Waals surface area contributed by atoms with Gasteiger partial charge in [-0.1, -0.05) is 18.2 Å². The van der Waals surface area contributed by atoms with Gasteiger partial charge in [-0.3, -0.25) is 4.90 Å². The smallest absolute Gasteiger partial charge is 0.123 e. The van der Waals surface area contributed by atoms with E-state index in [1.807, 2.05) is 18.2 Å². The molecule has 1 aliphatic heterocycles. The number of nitrogens with zero attached hydrogens (tertiary/aromatic N) is 2. The van der Waals surface area contributed by atoms with Crippen LogP contribution in [0.1, 0.15) is 18.4 Å². The van der Waals surface area contributed by atoms with Crippen molar-refractivity contribution >= 4 is 0 Å². The Labute approximate surface area is 96.2 Å². The molecule has 0 aliphatic carbocycles. The number of fused-ring (bicyclic) bond motifs is 1. The molecular weight excluding hydrogens is 200 g/mol. The molecule has 2 rings (SSSR count). The van der Waals surface area contributed by atoms with E-state index in [1.54, 1.807) is 0 Å². The molecule has 0 amide bonds. The van der Waals surface area contributed by atoms with Crippen LogP contribution < -0.4 is 4.74 Å². The van der Waals surface area contributed by atoms with Gasteiger partial charge < -0.3 is 4.74 Å². The molecule has 3 nitrogen and oxygen atoms in total. The molecular formula is C13H16N2O. The molecule has 84 valence electrons. The highest BCUT2D eigenvalue weighted by Gasteiger charge is 2.13. The second kappa shape index (κ2) is 5.53. The molecule has 0 saturated heterocycles. The summed E-state index contributed by atoms with van der Waals surface area (Å²) >= 11 is 0. The van der Waals surface area contributed by atoms with Gasteiger partial charge in [-0.15, -0.1) is 0 Å². The third-order valence-corrected chi connectivity index (χ3v) is 2.79. The maximum atomic E-state index is 8.52. The van der Waals surface area contributed by atoms with Gasteiger partial charge in [0.25, 0.3) is 0 Å². The lowest BCUT2D eigenvalue weighted by Crippen LogP contribution is -2.26. The largest absolute Gasteiger partial charge is 0.492 e. The first-order valence-electron chi connectivity index (χ1n) is 5.70.